The van der Waals surface area contributed by atoms with Crippen LogP contribution in [-0.2, 0) is 4.57 Å². The Kier molecular flexibility index (Phi) is 6.23. The van der Waals surface area contributed by atoms with E-state index in [1.54, 1.807) is 12.1 Å². The minimum atomic E-state index is -2.40. The van der Waals surface area contributed by atoms with Crippen LogP contribution in [0, 0.1) is 20.8 Å². The third-order valence-electron chi connectivity index (χ3n) is 3.15. The Bertz CT molecular complexity index is 601. The minimum Gasteiger partial charge on any atom is -0.298 e. The molecule has 104 valence electrons. The van der Waals surface area contributed by atoms with Gasteiger partial charge in [0.15, 0.2) is 6.29 Å². The minimum absolute atomic E-state index is 0.192. The van der Waals surface area contributed by atoms with Crippen LogP contribution in [0.4, 0.5) is 0 Å². The lowest BCUT2D eigenvalue weighted by Crippen LogP contribution is -2.02. The van der Waals surface area contributed by atoms with Gasteiger partial charge in [-0.1, -0.05) is 30.3 Å². The van der Waals surface area contributed by atoms with Crippen molar-refractivity contribution in [2.45, 2.75) is 20.8 Å². The molecule has 2 aromatic carbocycles. The topological polar surface area (TPSA) is 54.4 Å². The van der Waals surface area contributed by atoms with Gasteiger partial charge >= 0.3 is 8.03 Å². The number of aldehydes is 1. The van der Waals surface area contributed by atoms with Gasteiger partial charge in [-0.15, -0.1) is 0 Å². The zero-order valence-electron chi connectivity index (χ0n) is 11.8. The zero-order valence-corrected chi connectivity index (χ0v) is 12.7. The smallest absolute Gasteiger partial charge is 0.298 e. The molecule has 20 heavy (non-hydrogen) atoms. The summed E-state index contributed by atoms with van der Waals surface area (Å²) in [5.74, 6) is 0. The summed E-state index contributed by atoms with van der Waals surface area (Å²) in [7, 11) is -2.40. The Morgan fingerprint density at radius 2 is 1.50 bits per heavy atom. The number of benzene rings is 2. The first-order chi connectivity index (χ1) is 9.47. The van der Waals surface area contributed by atoms with Crippen LogP contribution in [0.1, 0.15) is 27.0 Å². The number of rotatable bonds is 2. The Balaban J connectivity index is 0.000000204. The molecule has 2 rings (SSSR count). The van der Waals surface area contributed by atoms with Gasteiger partial charge in [0.25, 0.3) is 0 Å². The van der Waals surface area contributed by atoms with Gasteiger partial charge in [0, 0.05) is 0 Å². The fraction of sp³-hybridized carbons (Fsp3) is 0.188. The van der Waals surface area contributed by atoms with Crippen LogP contribution >= 0.6 is 8.03 Å². The molecule has 0 radical (unpaired) electrons. The monoisotopic (exact) mass is 289 g/mol. The van der Waals surface area contributed by atoms with E-state index in [1.807, 2.05) is 0 Å². The highest BCUT2D eigenvalue weighted by Crippen LogP contribution is 2.14. The van der Waals surface area contributed by atoms with Gasteiger partial charge in [0.05, 0.1) is 5.56 Å². The second-order valence-electron chi connectivity index (χ2n) is 4.47. The molecule has 0 spiro atoms. The van der Waals surface area contributed by atoms with Gasteiger partial charge in [-0.2, -0.15) is 4.89 Å². The molecule has 2 aromatic rings. The maximum atomic E-state index is 10.6. The highest BCUT2D eigenvalue weighted by Gasteiger charge is 2.19. The largest absolute Gasteiger partial charge is 0.546 e. The first kappa shape index (κ1) is 16.2. The van der Waals surface area contributed by atoms with E-state index in [0.29, 0.717) is 6.29 Å². The highest BCUT2D eigenvalue weighted by molar-refractivity contribution is 7.47. The number of carbonyl (C=O) groups excluding carboxylic acids is 1. The second kappa shape index (κ2) is 7.68. The lowest BCUT2D eigenvalue weighted by Gasteiger charge is -2.00. The standard InChI is InChI=1S/C9H12.C7H5O3P/c1-7-5-4-6-8(2)9(7)3;8-5-6-3-1-2-4-7(6)11(9)10/h4-6H,1-3H3;1-5H/p+1. The van der Waals surface area contributed by atoms with Gasteiger partial charge in [-0.05, 0) is 54.2 Å². The predicted octanol–water partition coefficient (Wildman–Crippen LogP) is 3.47. The molecule has 3 nitrogen and oxygen atoms in total. The summed E-state index contributed by atoms with van der Waals surface area (Å²) in [6, 6.07) is 12.6. The molecule has 0 bridgehead atoms. The maximum absolute atomic E-state index is 10.6. The Labute approximate surface area is 120 Å². The summed E-state index contributed by atoms with van der Waals surface area (Å²) < 4.78 is 10.6. The van der Waals surface area contributed by atoms with Crippen molar-refractivity contribution >= 4 is 19.6 Å². The molecule has 0 fully saturated rings. The van der Waals surface area contributed by atoms with Crippen LogP contribution in [0.25, 0.3) is 0 Å². The van der Waals surface area contributed by atoms with Crippen molar-refractivity contribution in [2.75, 3.05) is 0 Å². The van der Waals surface area contributed by atoms with Gasteiger partial charge in [0.2, 0.25) is 5.30 Å². The van der Waals surface area contributed by atoms with E-state index in [-0.39, 0.29) is 10.9 Å². The average molecular weight is 289 g/mol. The summed E-state index contributed by atoms with van der Waals surface area (Å²) in [5, 5.41) is 0.192. The summed E-state index contributed by atoms with van der Waals surface area (Å²) in [6.45, 7) is 6.44. The quantitative estimate of drug-likeness (QED) is 0.680. The fourth-order valence-electron chi connectivity index (χ4n) is 1.66. The van der Waals surface area contributed by atoms with Crippen molar-refractivity contribution in [1.29, 1.82) is 0 Å². The van der Waals surface area contributed by atoms with Crippen LogP contribution in [-0.4, -0.2) is 11.2 Å². The fourth-order valence-corrected chi connectivity index (χ4v) is 2.22. The Morgan fingerprint density at radius 3 is 1.90 bits per heavy atom. The number of hydrogen-bond donors (Lipinski definition) is 1. The highest BCUT2D eigenvalue weighted by atomic mass is 31.1. The molecule has 0 aliphatic carbocycles. The third kappa shape index (κ3) is 4.37. The van der Waals surface area contributed by atoms with Crippen molar-refractivity contribution in [3.63, 3.8) is 0 Å². The van der Waals surface area contributed by atoms with E-state index in [1.165, 1.54) is 28.8 Å². The SMILES string of the molecule is Cc1cccc(C)c1C.O=Cc1ccccc1[P+](=O)O. The number of hydrogen-bond acceptors (Lipinski definition) is 2. The van der Waals surface area contributed by atoms with Gasteiger partial charge in [-0.3, -0.25) is 4.79 Å². The predicted molar refractivity (Wildman–Crippen MR) is 81.9 cm³/mol. The van der Waals surface area contributed by atoms with Gasteiger partial charge in [0.1, 0.15) is 0 Å². The van der Waals surface area contributed by atoms with Crippen molar-refractivity contribution < 1.29 is 14.3 Å². The molecule has 0 aromatic heterocycles. The van der Waals surface area contributed by atoms with E-state index in [4.69, 9.17) is 4.89 Å². The van der Waals surface area contributed by atoms with Crippen LogP contribution in [0.15, 0.2) is 42.5 Å². The average Bonchev–Trinajstić information content (AvgIpc) is 2.45. The molecule has 0 saturated heterocycles. The van der Waals surface area contributed by atoms with Crippen molar-refractivity contribution in [3.8, 4) is 0 Å². The molecule has 0 aliphatic heterocycles. The van der Waals surface area contributed by atoms with Gasteiger partial charge < -0.3 is 0 Å². The van der Waals surface area contributed by atoms with E-state index >= 15 is 0 Å². The molecule has 0 heterocycles. The first-order valence-corrected chi connectivity index (χ1v) is 7.41. The molecule has 1 atom stereocenters. The van der Waals surface area contributed by atoms with Crippen molar-refractivity contribution in [1.82, 2.24) is 0 Å². The molecule has 1 N–H and O–H groups in total. The first-order valence-electron chi connectivity index (χ1n) is 6.20. The molecule has 0 aliphatic rings. The molecule has 4 heteroatoms. The zero-order chi connectivity index (χ0) is 15.1. The Hall–Kier alpha value is -1.83. The molecule has 1 unspecified atom stereocenters. The van der Waals surface area contributed by atoms with E-state index in [9.17, 15) is 9.36 Å². The van der Waals surface area contributed by atoms with Crippen LogP contribution in [0.2, 0.25) is 0 Å². The summed E-state index contributed by atoms with van der Waals surface area (Å²) in [5.41, 5.74) is 4.46. The summed E-state index contributed by atoms with van der Waals surface area (Å²) in [6.07, 6.45) is 0.568. The molecular formula is C16H18O3P+. The van der Waals surface area contributed by atoms with Crippen molar-refractivity contribution in [2.24, 2.45) is 0 Å². The van der Waals surface area contributed by atoms with Crippen molar-refractivity contribution in [3.05, 3.63) is 64.7 Å². The number of carbonyl (C=O) groups is 1. The Morgan fingerprint density at radius 1 is 0.950 bits per heavy atom. The molecule has 0 amide bonds. The second-order valence-corrected chi connectivity index (χ2v) is 5.49. The van der Waals surface area contributed by atoms with E-state index in [2.05, 4.69) is 39.0 Å². The van der Waals surface area contributed by atoms with Crippen LogP contribution in [0.3, 0.4) is 0 Å². The van der Waals surface area contributed by atoms with Crippen LogP contribution in [0.5, 0.6) is 0 Å². The van der Waals surface area contributed by atoms with E-state index < -0.39 is 8.03 Å². The maximum Gasteiger partial charge on any atom is 0.546 e. The molecule has 0 saturated carbocycles. The summed E-state index contributed by atoms with van der Waals surface area (Å²) in [4.78, 5) is 19.0. The lowest BCUT2D eigenvalue weighted by molar-refractivity contribution is 0.112. The molecular weight excluding hydrogens is 271 g/mol. The normalized spacial score (nSPS) is 10.3. The van der Waals surface area contributed by atoms with Crippen LogP contribution < -0.4 is 5.30 Å². The third-order valence-corrected chi connectivity index (χ3v) is 3.96. The number of aryl methyl sites for hydroxylation is 2. The lowest BCUT2D eigenvalue weighted by atomic mass is 10.1. The summed E-state index contributed by atoms with van der Waals surface area (Å²) >= 11 is 0. The van der Waals surface area contributed by atoms with E-state index in [0.717, 1.165) is 0 Å². The van der Waals surface area contributed by atoms with Gasteiger partial charge in [-0.25, -0.2) is 0 Å².